The van der Waals surface area contributed by atoms with Gasteiger partial charge < -0.3 is 5.73 Å². The molecule has 1 aromatic heterocycles. The Kier molecular flexibility index (Phi) is 2.26. The first kappa shape index (κ1) is 10.5. The molecule has 0 radical (unpaired) electrons. The van der Waals surface area contributed by atoms with Crippen LogP contribution >= 0.6 is 0 Å². The largest absolute Gasteiger partial charge is 0.325 e. The van der Waals surface area contributed by atoms with Gasteiger partial charge in [-0.05, 0) is 37.8 Å². The summed E-state index contributed by atoms with van der Waals surface area (Å²) in [5.74, 6) is 0. The van der Waals surface area contributed by atoms with Crippen molar-refractivity contribution in [3.63, 3.8) is 0 Å². The van der Waals surface area contributed by atoms with Crippen LogP contribution in [0, 0.1) is 6.92 Å². The minimum absolute atomic E-state index is 0.0122. The molecule has 0 amide bonds. The van der Waals surface area contributed by atoms with Crippen LogP contribution in [-0.4, -0.2) is 20.5 Å². The molecule has 4 heteroatoms. The van der Waals surface area contributed by atoms with Crippen LogP contribution in [0.3, 0.4) is 0 Å². The zero-order chi connectivity index (χ0) is 11.9. The fourth-order valence-electron chi connectivity index (χ4n) is 2.03. The summed E-state index contributed by atoms with van der Waals surface area (Å²) in [6.45, 7) is 1.94. The zero-order valence-corrected chi connectivity index (χ0v) is 9.93. The molecule has 1 fully saturated rings. The third kappa shape index (κ3) is 2.08. The third-order valence-electron chi connectivity index (χ3n) is 3.25. The standard InChI is InChI=1S/C13H16N4/c1-10-9-15-17(16-10)12-5-3-2-4-11(12)8-13(14)6-7-13/h2-5,9H,6-8,14H2,1H3. The van der Waals surface area contributed by atoms with Crippen LogP contribution < -0.4 is 5.73 Å². The number of hydrogen-bond acceptors (Lipinski definition) is 3. The molecule has 88 valence electrons. The lowest BCUT2D eigenvalue weighted by molar-refractivity contribution is 0.657. The number of aromatic nitrogens is 3. The number of nitrogens with zero attached hydrogens (tertiary/aromatic N) is 3. The Morgan fingerprint density at radius 3 is 2.76 bits per heavy atom. The van der Waals surface area contributed by atoms with Crippen LogP contribution in [0.25, 0.3) is 5.69 Å². The van der Waals surface area contributed by atoms with E-state index in [1.165, 1.54) is 5.56 Å². The summed E-state index contributed by atoms with van der Waals surface area (Å²) in [6, 6.07) is 8.20. The van der Waals surface area contributed by atoms with Crippen LogP contribution in [0.15, 0.2) is 30.5 Å². The maximum absolute atomic E-state index is 6.18. The Morgan fingerprint density at radius 1 is 1.35 bits per heavy atom. The monoisotopic (exact) mass is 228 g/mol. The van der Waals surface area contributed by atoms with E-state index in [1.54, 1.807) is 11.0 Å². The summed E-state index contributed by atoms with van der Waals surface area (Å²) in [5.41, 5.74) is 9.38. The summed E-state index contributed by atoms with van der Waals surface area (Å²) < 4.78 is 0. The van der Waals surface area contributed by atoms with Gasteiger partial charge in [0.05, 0.1) is 17.6 Å². The molecule has 0 bridgehead atoms. The maximum Gasteiger partial charge on any atom is 0.0889 e. The number of aryl methyl sites for hydroxylation is 1. The van der Waals surface area contributed by atoms with E-state index in [1.807, 2.05) is 25.1 Å². The SMILES string of the molecule is Cc1cnn(-c2ccccc2CC2(N)CC2)n1. The smallest absolute Gasteiger partial charge is 0.0889 e. The fourth-order valence-corrected chi connectivity index (χ4v) is 2.03. The van der Waals surface area contributed by atoms with E-state index in [2.05, 4.69) is 16.3 Å². The minimum atomic E-state index is 0.0122. The van der Waals surface area contributed by atoms with Gasteiger partial charge in [-0.25, -0.2) is 0 Å². The lowest BCUT2D eigenvalue weighted by atomic mass is 10.0. The van der Waals surface area contributed by atoms with Crippen molar-refractivity contribution in [2.45, 2.75) is 31.7 Å². The van der Waals surface area contributed by atoms with Crippen molar-refractivity contribution in [1.82, 2.24) is 15.0 Å². The number of benzene rings is 1. The van der Waals surface area contributed by atoms with Crippen molar-refractivity contribution in [2.75, 3.05) is 0 Å². The van der Waals surface area contributed by atoms with Crippen molar-refractivity contribution in [1.29, 1.82) is 0 Å². The first-order valence-electron chi connectivity index (χ1n) is 5.92. The van der Waals surface area contributed by atoms with E-state index in [9.17, 15) is 0 Å². The second-order valence-electron chi connectivity index (χ2n) is 4.94. The number of rotatable bonds is 3. The molecule has 1 saturated carbocycles. The summed E-state index contributed by atoms with van der Waals surface area (Å²) >= 11 is 0. The highest BCUT2D eigenvalue weighted by molar-refractivity contribution is 5.41. The van der Waals surface area contributed by atoms with Gasteiger partial charge in [0.25, 0.3) is 0 Å². The molecular weight excluding hydrogens is 212 g/mol. The van der Waals surface area contributed by atoms with E-state index < -0.39 is 0 Å². The predicted octanol–water partition coefficient (Wildman–Crippen LogP) is 1.61. The Balaban J connectivity index is 1.98. The molecule has 0 atom stereocenters. The van der Waals surface area contributed by atoms with Crippen LogP contribution in [0.2, 0.25) is 0 Å². The third-order valence-corrected chi connectivity index (χ3v) is 3.25. The van der Waals surface area contributed by atoms with Crippen molar-refractivity contribution >= 4 is 0 Å². The van der Waals surface area contributed by atoms with Crippen molar-refractivity contribution in [3.8, 4) is 5.69 Å². The van der Waals surface area contributed by atoms with Crippen LogP contribution in [0.1, 0.15) is 24.1 Å². The van der Waals surface area contributed by atoms with Gasteiger partial charge in [-0.3, -0.25) is 0 Å². The van der Waals surface area contributed by atoms with Gasteiger partial charge >= 0.3 is 0 Å². The quantitative estimate of drug-likeness (QED) is 0.868. The van der Waals surface area contributed by atoms with Gasteiger partial charge in [-0.2, -0.15) is 15.0 Å². The topological polar surface area (TPSA) is 56.7 Å². The van der Waals surface area contributed by atoms with Gasteiger partial charge in [-0.1, -0.05) is 18.2 Å². The number of nitrogens with two attached hydrogens (primary N) is 1. The molecule has 0 saturated heterocycles. The zero-order valence-electron chi connectivity index (χ0n) is 9.93. The molecule has 1 aliphatic carbocycles. The van der Waals surface area contributed by atoms with Crippen molar-refractivity contribution in [2.24, 2.45) is 5.73 Å². The van der Waals surface area contributed by atoms with Crippen molar-refractivity contribution < 1.29 is 0 Å². The lowest BCUT2D eigenvalue weighted by Gasteiger charge is -2.12. The summed E-state index contributed by atoms with van der Waals surface area (Å²) in [7, 11) is 0. The van der Waals surface area contributed by atoms with Gasteiger partial charge in [0.15, 0.2) is 0 Å². The van der Waals surface area contributed by atoms with Crippen LogP contribution in [-0.2, 0) is 6.42 Å². The average Bonchev–Trinajstić information content (AvgIpc) is 2.87. The fraction of sp³-hybridized carbons (Fsp3) is 0.385. The number of hydrogen-bond donors (Lipinski definition) is 1. The Hall–Kier alpha value is -1.68. The Morgan fingerprint density at radius 2 is 2.12 bits per heavy atom. The second-order valence-corrected chi connectivity index (χ2v) is 4.94. The second kappa shape index (κ2) is 3.67. The molecule has 1 heterocycles. The van der Waals surface area contributed by atoms with Gasteiger partial charge in [-0.15, -0.1) is 0 Å². The predicted molar refractivity (Wildman–Crippen MR) is 66.0 cm³/mol. The van der Waals surface area contributed by atoms with Crippen LogP contribution in [0.4, 0.5) is 0 Å². The summed E-state index contributed by atoms with van der Waals surface area (Å²) in [5, 5.41) is 8.62. The molecule has 0 spiro atoms. The molecule has 17 heavy (non-hydrogen) atoms. The number of para-hydroxylation sites is 1. The molecule has 3 rings (SSSR count). The molecular formula is C13H16N4. The van der Waals surface area contributed by atoms with Crippen molar-refractivity contribution in [3.05, 3.63) is 41.7 Å². The van der Waals surface area contributed by atoms with E-state index in [0.717, 1.165) is 30.6 Å². The maximum atomic E-state index is 6.18. The first-order valence-corrected chi connectivity index (χ1v) is 5.92. The molecule has 2 aromatic rings. The highest BCUT2D eigenvalue weighted by atomic mass is 15.5. The molecule has 4 nitrogen and oxygen atoms in total. The minimum Gasteiger partial charge on any atom is -0.325 e. The first-order chi connectivity index (χ1) is 8.16. The summed E-state index contributed by atoms with van der Waals surface area (Å²) in [6.07, 6.45) is 4.91. The highest BCUT2D eigenvalue weighted by Gasteiger charge is 2.38. The van der Waals surface area contributed by atoms with E-state index >= 15 is 0 Å². The molecule has 2 N–H and O–H groups in total. The van der Waals surface area contributed by atoms with E-state index in [4.69, 9.17) is 5.73 Å². The van der Waals surface area contributed by atoms with E-state index in [-0.39, 0.29) is 5.54 Å². The normalized spacial score (nSPS) is 17.1. The van der Waals surface area contributed by atoms with Gasteiger partial charge in [0, 0.05) is 5.54 Å². The lowest BCUT2D eigenvalue weighted by Crippen LogP contribution is -2.25. The summed E-state index contributed by atoms with van der Waals surface area (Å²) in [4.78, 5) is 1.69. The Labute approximate surface area is 100 Å². The van der Waals surface area contributed by atoms with Gasteiger partial charge in [0.1, 0.15) is 0 Å². The van der Waals surface area contributed by atoms with Gasteiger partial charge in [0.2, 0.25) is 0 Å². The molecule has 1 aromatic carbocycles. The molecule has 1 aliphatic rings. The highest BCUT2D eigenvalue weighted by Crippen LogP contribution is 2.36. The average molecular weight is 228 g/mol. The van der Waals surface area contributed by atoms with Crippen LogP contribution in [0.5, 0.6) is 0 Å². The molecule has 0 unspecified atom stereocenters. The van der Waals surface area contributed by atoms with E-state index in [0.29, 0.717) is 0 Å². The molecule has 0 aliphatic heterocycles. The Bertz CT molecular complexity index is 540.